The van der Waals surface area contributed by atoms with Crippen molar-refractivity contribution in [2.45, 2.75) is 6.23 Å². The smallest absolute Gasteiger partial charge is 0.283 e. The maximum Gasteiger partial charge on any atom is 0.283 e. The zero-order valence-corrected chi connectivity index (χ0v) is 10.5. The number of amides is 1. The number of benzene rings is 2. The van der Waals surface area contributed by atoms with Gasteiger partial charge in [0.2, 0.25) is 6.23 Å². The molecule has 0 radical (unpaired) electrons. The first kappa shape index (κ1) is 10.2. The SMILES string of the molecule is O=C1c2c(cccc2-n2ccc3ccccc32)C2ON12. The first-order valence-corrected chi connectivity index (χ1v) is 6.54. The summed E-state index contributed by atoms with van der Waals surface area (Å²) < 4.78 is 2.07. The lowest BCUT2D eigenvalue weighted by Crippen LogP contribution is -2.10. The van der Waals surface area contributed by atoms with Gasteiger partial charge in [-0.25, -0.2) is 4.84 Å². The van der Waals surface area contributed by atoms with Crippen molar-refractivity contribution in [2.75, 3.05) is 0 Å². The molecule has 1 aromatic heterocycles. The Kier molecular flexibility index (Phi) is 1.68. The van der Waals surface area contributed by atoms with Crippen LogP contribution in [0.1, 0.15) is 22.1 Å². The van der Waals surface area contributed by atoms with Gasteiger partial charge >= 0.3 is 0 Å². The van der Waals surface area contributed by atoms with Crippen molar-refractivity contribution >= 4 is 16.8 Å². The molecule has 3 aromatic rings. The second kappa shape index (κ2) is 3.29. The molecule has 2 aliphatic rings. The highest BCUT2D eigenvalue weighted by molar-refractivity contribution is 6.03. The molecule has 3 heterocycles. The topological polar surface area (TPSA) is 37.5 Å². The van der Waals surface area contributed by atoms with E-state index in [4.69, 9.17) is 4.84 Å². The summed E-state index contributed by atoms with van der Waals surface area (Å²) in [4.78, 5) is 17.5. The van der Waals surface area contributed by atoms with Gasteiger partial charge in [-0.2, -0.15) is 5.06 Å². The number of carbonyl (C=O) groups is 1. The molecule has 1 saturated heterocycles. The van der Waals surface area contributed by atoms with Crippen molar-refractivity contribution in [3.05, 3.63) is 65.9 Å². The third kappa shape index (κ3) is 1.12. The number of hydroxylamine groups is 2. The number of aromatic nitrogens is 1. The summed E-state index contributed by atoms with van der Waals surface area (Å²) in [5, 5.41) is 2.59. The Balaban J connectivity index is 1.83. The van der Waals surface area contributed by atoms with Crippen LogP contribution in [-0.4, -0.2) is 15.5 Å². The van der Waals surface area contributed by atoms with Crippen LogP contribution in [0.4, 0.5) is 0 Å². The Hall–Kier alpha value is -2.59. The molecule has 1 amide bonds. The van der Waals surface area contributed by atoms with Gasteiger partial charge in [0.05, 0.1) is 16.8 Å². The van der Waals surface area contributed by atoms with Gasteiger partial charge in [-0.05, 0) is 23.6 Å². The van der Waals surface area contributed by atoms with Gasteiger partial charge in [0.1, 0.15) is 0 Å². The monoisotopic (exact) mass is 262 g/mol. The van der Waals surface area contributed by atoms with E-state index in [1.807, 2.05) is 36.5 Å². The molecular weight excluding hydrogens is 252 g/mol. The predicted octanol–water partition coefficient (Wildman–Crippen LogP) is 3.03. The number of carbonyl (C=O) groups excluding carboxylic acids is 1. The molecule has 0 aliphatic carbocycles. The first-order chi connectivity index (χ1) is 9.84. The highest BCUT2D eigenvalue weighted by Gasteiger charge is 2.52. The van der Waals surface area contributed by atoms with E-state index in [1.54, 1.807) is 0 Å². The van der Waals surface area contributed by atoms with E-state index in [0.717, 1.165) is 27.7 Å². The fourth-order valence-corrected chi connectivity index (χ4v) is 3.02. The van der Waals surface area contributed by atoms with Crippen LogP contribution in [0.15, 0.2) is 54.7 Å². The normalized spacial score (nSPS) is 19.3. The number of rotatable bonds is 1. The molecule has 0 N–H and O–H groups in total. The summed E-state index contributed by atoms with van der Waals surface area (Å²) in [6, 6.07) is 16.1. The van der Waals surface area contributed by atoms with Gasteiger partial charge in [0.15, 0.2) is 0 Å². The second-order valence-electron chi connectivity index (χ2n) is 5.07. The first-order valence-electron chi connectivity index (χ1n) is 6.54. The zero-order valence-electron chi connectivity index (χ0n) is 10.5. The largest absolute Gasteiger partial charge is 0.316 e. The van der Waals surface area contributed by atoms with Crippen LogP contribution in [-0.2, 0) is 4.84 Å². The Morgan fingerprint density at radius 3 is 2.85 bits per heavy atom. The van der Waals surface area contributed by atoms with Gasteiger partial charge in [0, 0.05) is 11.8 Å². The summed E-state index contributed by atoms with van der Waals surface area (Å²) >= 11 is 0. The van der Waals surface area contributed by atoms with Crippen LogP contribution in [0.5, 0.6) is 0 Å². The number of hydrogen-bond donors (Lipinski definition) is 0. The Bertz CT molecular complexity index is 881. The van der Waals surface area contributed by atoms with Crippen molar-refractivity contribution < 1.29 is 9.63 Å². The Morgan fingerprint density at radius 2 is 1.90 bits per heavy atom. The molecule has 2 aromatic carbocycles. The molecule has 5 rings (SSSR count). The third-order valence-electron chi connectivity index (χ3n) is 3.99. The van der Waals surface area contributed by atoms with E-state index >= 15 is 0 Å². The van der Waals surface area contributed by atoms with Gasteiger partial charge in [-0.1, -0.05) is 30.3 Å². The predicted molar refractivity (Wildman–Crippen MR) is 73.3 cm³/mol. The summed E-state index contributed by atoms with van der Waals surface area (Å²) in [7, 11) is 0. The summed E-state index contributed by atoms with van der Waals surface area (Å²) in [6.07, 6.45) is 1.84. The molecule has 0 saturated carbocycles. The molecule has 0 spiro atoms. The second-order valence-corrected chi connectivity index (χ2v) is 5.07. The van der Waals surface area contributed by atoms with Crippen molar-refractivity contribution in [2.24, 2.45) is 0 Å². The maximum atomic E-state index is 12.3. The zero-order chi connectivity index (χ0) is 13.3. The fourth-order valence-electron chi connectivity index (χ4n) is 3.02. The number of para-hydroxylation sites is 1. The minimum Gasteiger partial charge on any atom is -0.316 e. The average Bonchev–Trinajstić information content (AvgIpc) is 3.09. The van der Waals surface area contributed by atoms with Gasteiger partial charge < -0.3 is 4.57 Å². The van der Waals surface area contributed by atoms with Crippen LogP contribution in [0.25, 0.3) is 16.6 Å². The lowest BCUT2D eigenvalue weighted by Gasteiger charge is -2.10. The van der Waals surface area contributed by atoms with Crippen LogP contribution < -0.4 is 0 Å². The highest BCUT2D eigenvalue weighted by atomic mass is 16.8. The quantitative estimate of drug-likeness (QED) is 0.632. The molecule has 4 nitrogen and oxygen atoms in total. The van der Waals surface area contributed by atoms with E-state index in [-0.39, 0.29) is 12.1 Å². The fraction of sp³-hybridized carbons (Fsp3) is 0.0625. The van der Waals surface area contributed by atoms with Crippen molar-refractivity contribution in [3.63, 3.8) is 0 Å². The Labute approximate surface area is 114 Å². The van der Waals surface area contributed by atoms with Crippen molar-refractivity contribution in [1.29, 1.82) is 0 Å². The van der Waals surface area contributed by atoms with E-state index < -0.39 is 0 Å². The number of fused-ring (bicyclic) bond motifs is 4. The molecule has 1 fully saturated rings. The third-order valence-corrected chi connectivity index (χ3v) is 3.99. The number of nitrogens with zero attached hydrogens (tertiary/aromatic N) is 2. The van der Waals surface area contributed by atoms with Crippen LogP contribution in [0.2, 0.25) is 0 Å². The molecule has 4 heteroatoms. The lowest BCUT2D eigenvalue weighted by atomic mass is 10.1. The summed E-state index contributed by atoms with van der Waals surface area (Å²) in [6.45, 7) is 0. The Morgan fingerprint density at radius 1 is 1.00 bits per heavy atom. The number of hydrogen-bond acceptors (Lipinski definition) is 2. The van der Waals surface area contributed by atoms with E-state index in [0.29, 0.717) is 0 Å². The van der Waals surface area contributed by atoms with E-state index in [2.05, 4.69) is 22.8 Å². The van der Waals surface area contributed by atoms with Gasteiger partial charge in [-0.3, -0.25) is 4.79 Å². The van der Waals surface area contributed by atoms with Crippen LogP contribution in [0, 0.1) is 0 Å². The van der Waals surface area contributed by atoms with E-state index in [1.165, 1.54) is 5.06 Å². The molecule has 0 bridgehead atoms. The lowest BCUT2D eigenvalue weighted by molar-refractivity contribution is 0.0711. The molecule has 2 aliphatic heterocycles. The minimum absolute atomic E-state index is 0.0432. The minimum atomic E-state index is -0.167. The molecular formula is C16H10N2O2. The molecule has 1 unspecified atom stereocenters. The molecule has 1 atom stereocenters. The van der Waals surface area contributed by atoms with E-state index in [9.17, 15) is 4.79 Å². The maximum absolute atomic E-state index is 12.3. The molecule has 96 valence electrons. The van der Waals surface area contributed by atoms with Crippen LogP contribution in [0.3, 0.4) is 0 Å². The van der Waals surface area contributed by atoms with Crippen molar-refractivity contribution in [3.8, 4) is 5.69 Å². The highest BCUT2D eigenvalue weighted by Crippen LogP contribution is 2.48. The van der Waals surface area contributed by atoms with Crippen LogP contribution >= 0.6 is 0 Å². The summed E-state index contributed by atoms with van der Waals surface area (Å²) in [5.41, 5.74) is 3.74. The van der Waals surface area contributed by atoms with Gasteiger partial charge in [0.25, 0.3) is 5.91 Å². The summed E-state index contributed by atoms with van der Waals surface area (Å²) in [5.74, 6) is -0.0432. The average molecular weight is 262 g/mol. The van der Waals surface area contributed by atoms with Crippen molar-refractivity contribution in [1.82, 2.24) is 9.63 Å². The van der Waals surface area contributed by atoms with Gasteiger partial charge in [-0.15, -0.1) is 0 Å². The standard InChI is InChI=1S/C16H10N2O2/c19-15-14-11(16-18(15)20-16)5-3-7-13(14)17-9-8-10-4-1-2-6-12(10)17/h1-9,16H. The molecule has 20 heavy (non-hydrogen) atoms.